The van der Waals surface area contributed by atoms with Crippen molar-refractivity contribution >= 4 is 45.8 Å². The summed E-state index contributed by atoms with van der Waals surface area (Å²) < 4.78 is 0. The molecule has 0 spiro atoms. The number of hydrazine groups is 1. The maximum Gasteiger partial charge on any atom is 0.294 e. The van der Waals surface area contributed by atoms with Gasteiger partial charge in [0.15, 0.2) is 5.82 Å². The largest absolute Gasteiger partial charge is 0.340 e. The molecule has 35 heavy (non-hydrogen) atoms. The number of allylic oxidation sites excluding steroid dienone is 2. The molecule has 174 valence electrons. The smallest absolute Gasteiger partial charge is 0.294 e. The number of anilines is 2. The van der Waals surface area contributed by atoms with Crippen molar-refractivity contribution in [3.05, 3.63) is 85.4 Å². The Morgan fingerprint density at radius 2 is 2.23 bits per heavy atom. The van der Waals surface area contributed by atoms with Crippen LogP contribution in [0.25, 0.3) is 16.5 Å². The van der Waals surface area contributed by atoms with E-state index < -0.39 is 0 Å². The van der Waals surface area contributed by atoms with Crippen LogP contribution in [0.15, 0.2) is 89.7 Å². The van der Waals surface area contributed by atoms with Crippen LogP contribution in [0.4, 0.5) is 11.5 Å². The second kappa shape index (κ2) is 9.43. The van der Waals surface area contributed by atoms with Gasteiger partial charge in [-0.3, -0.25) is 25.8 Å². The molecule has 2 aromatic heterocycles. The van der Waals surface area contributed by atoms with Crippen molar-refractivity contribution in [2.24, 2.45) is 10.1 Å². The van der Waals surface area contributed by atoms with E-state index in [2.05, 4.69) is 53.0 Å². The van der Waals surface area contributed by atoms with Gasteiger partial charge in [0, 0.05) is 35.2 Å². The van der Waals surface area contributed by atoms with Crippen LogP contribution < -0.4 is 16.2 Å². The van der Waals surface area contributed by atoms with Crippen LogP contribution in [0.5, 0.6) is 0 Å². The van der Waals surface area contributed by atoms with Crippen LogP contribution in [0.3, 0.4) is 0 Å². The molecule has 2 aliphatic heterocycles. The van der Waals surface area contributed by atoms with Gasteiger partial charge >= 0.3 is 0 Å². The summed E-state index contributed by atoms with van der Waals surface area (Å²) in [7, 11) is 0. The number of aromatic amines is 1. The first-order chi connectivity index (χ1) is 17.1. The quantitative estimate of drug-likeness (QED) is 0.308. The molecule has 5 rings (SSSR count). The van der Waals surface area contributed by atoms with Gasteiger partial charge in [0.25, 0.3) is 5.91 Å². The fourth-order valence-corrected chi connectivity index (χ4v) is 3.58. The summed E-state index contributed by atoms with van der Waals surface area (Å²) in [6, 6.07) is 7.60. The van der Waals surface area contributed by atoms with Crippen molar-refractivity contribution in [2.45, 2.75) is 13.0 Å². The molecule has 0 fully saturated rings. The SMILES string of the molecule is C=CNN=CC(C)=NC(=O)C1=CC2C=CC(c3nccc(Nc4ccc5[nH]ncc5c4)n3)=CN2N1. The molecule has 0 radical (unpaired) electrons. The number of H-pyrrole nitrogens is 1. The van der Waals surface area contributed by atoms with Crippen LogP contribution in [0.2, 0.25) is 0 Å². The molecule has 11 nitrogen and oxygen atoms in total. The molecule has 1 aromatic carbocycles. The van der Waals surface area contributed by atoms with E-state index in [0.29, 0.717) is 23.1 Å². The fraction of sp³-hybridized carbons (Fsp3) is 0.0833. The predicted octanol–water partition coefficient (Wildman–Crippen LogP) is 2.79. The molecule has 0 saturated carbocycles. The molecule has 1 unspecified atom stereocenters. The summed E-state index contributed by atoms with van der Waals surface area (Å²) in [6.45, 7) is 5.19. The lowest BCUT2D eigenvalue weighted by Gasteiger charge is -2.24. The van der Waals surface area contributed by atoms with E-state index in [1.807, 2.05) is 47.6 Å². The minimum atomic E-state index is -0.387. The Kier molecular flexibility index (Phi) is 5.87. The van der Waals surface area contributed by atoms with Crippen LogP contribution >= 0.6 is 0 Å². The third-order valence-corrected chi connectivity index (χ3v) is 5.21. The zero-order chi connectivity index (χ0) is 24.2. The van der Waals surface area contributed by atoms with Crippen LogP contribution in [-0.4, -0.2) is 49.0 Å². The molecule has 0 aliphatic carbocycles. The molecule has 4 heterocycles. The minimum Gasteiger partial charge on any atom is -0.340 e. The van der Waals surface area contributed by atoms with Crippen molar-refractivity contribution in [1.82, 2.24) is 36.0 Å². The third kappa shape index (κ3) is 4.83. The van der Waals surface area contributed by atoms with Gasteiger partial charge in [-0.25, -0.2) is 15.0 Å². The highest BCUT2D eigenvalue weighted by atomic mass is 16.1. The van der Waals surface area contributed by atoms with E-state index in [-0.39, 0.29) is 11.9 Å². The Hall–Kier alpha value is -5.06. The lowest BCUT2D eigenvalue weighted by atomic mass is 10.1. The van der Waals surface area contributed by atoms with Gasteiger partial charge in [-0.2, -0.15) is 10.2 Å². The second-order valence-corrected chi connectivity index (χ2v) is 7.75. The summed E-state index contributed by atoms with van der Waals surface area (Å²) in [5.74, 6) is 0.827. The molecule has 11 heteroatoms. The number of benzene rings is 1. The highest BCUT2D eigenvalue weighted by Crippen LogP contribution is 2.26. The van der Waals surface area contributed by atoms with E-state index in [1.165, 1.54) is 12.4 Å². The van der Waals surface area contributed by atoms with Gasteiger partial charge < -0.3 is 5.32 Å². The Morgan fingerprint density at radius 1 is 1.31 bits per heavy atom. The first kappa shape index (κ1) is 21.8. The molecule has 1 atom stereocenters. The zero-order valence-corrected chi connectivity index (χ0v) is 18.8. The number of amides is 1. The molecule has 0 bridgehead atoms. The minimum absolute atomic E-state index is 0.118. The van der Waals surface area contributed by atoms with Crippen molar-refractivity contribution in [1.29, 1.82) is 0 Å². The number of aliphatic imine (C=N–C) groups is 1. The first-order valence-corrected chi connectivity index (χ1v) is 10.8. The van der Waals surface area contributed by atoms with E-state index in [1.54, 1.807) is 25.4 Å². The summed E-state index contributed by atoms with van der Waals surface area (Å²) >= 11 is 0. The highest BCUT2D eigenvalue weighted by molar-refractivity contribution is 6.32. The number of rotatable bonds is 7. The second-order valence-electron chi connectivity index (χ2n) is 7.75. The number of hydrogen-bond acceptors (Lipinski definition) is 9. The van der Waals surface area contributed by atoms with Crippen LogP contribution in [-0.2, 0) is 4.79 Å². The Labute approximate surface area is 200 Å². The topological polar surface area (TPSA) is 136 Å². The number of carbonyl (C=O) groups excluding carboxylic acids is 1. The van der Waals surface area contributed by atoms with Crippen LogP contribution in [0, 0.1) is 0 Å². The highest BCUT2D eigenvalue weighted by Gasteiger charge is 2.27. The average molecular weight is 467 g/mol. The Balaban J connectivity index is 1.28. The molecule has 0 saturated heterocycles. The van der Waals surface area contributed by atoms with Crippen molar-refractivity contribution in [3.8, 4) is 0 Å². The van der Waals surface area contributed by atoms with E-state index in [9.17, 15) is 4.79 Å². The Bertz CT molecular complexity index is 1450. The number of hydrogen-bond donors (Lipinski definition) is 4. The monoisotopic (exact) mass is 466 g/mol. The standard InChI is InChI=1S/C24H22N10O/c1-3-26-27-12-15(2)29-24(35)21-11-19-6-4-16(14-34(19)33-21)23-25-9-8-22(31-23)30-18-5-7-20-17(10-18)13-28-32-20/h3-14,19,26,33H,1H2,2H3,(H,28,32)(H,25,30,31). The molecular formula is C24H22N10O. The summed E-state index contributed by atoms with van der Waals surface area (Å²) in [5, 5.41) is 17.0. The average Bonchev–Trinajstić information content (AvgIpc) is 3.50. The van der Waals surface area contributed by atoms with E-state index in [0.717, 1.165) is 22.2 Å². The summed E-state index contributed by atoms with van der Waals surface area (Å²) in [6.07, 6.45) is 13.9. The van der Waals surface area contributed by atoms with Crippen molar-refractivity contribution < 1.29 is 4.79 Å². The molecule has 4 N–H and O–H groups in total. The fourth-order valence-electron chi connectivity index (χ4n) is 3.58. The maximum atomic E-state index is 12.5. The maximum absolute atomic E-state index is 12.5. The normalized spacial score (nSPS) is 17.1. The van der Waals surface area contributed by atoms with Gasteiger partial charge in [0.2, 0.25) is 0 Å². The number of carbonyl (C=O) groups is 1. The number of aromatic nitrogens is 4. The first-order valence-electron chi connectivity index (χ1n) is 10.8. The van der Waals surface area contributed by atoms with Crippen molar-refractivity contribution in [2.75, 3.05) is 5.32 Å². The van der Waals surface area contributed by atoms with Gasteiger partial charge in [0.05, 0.1) is 29.7 Å². The van der Waals surface area contributed by atoms with Gasteiger partial charge in [-0.1, -0.05) is 18.7 Å². The molecule has 3 aromatic rings. The molecule has 1 amide bonds. The summed E-state index contributed by atoms with van der Waals surface area (Å²) in [4.78, 5) is 25.6. The van der Waals surface area contributed by atoms with Gasteiger partial charge in [0.1, 0.15) is 11.5 Å². The van der Waals surface area contributed by atoms with Gasteiger partial charge in [-0.15, -0.1) is 0 Å². The number of fused-ring (bicyclic) bond motifs is 2. The van der Waals surface area contributed by atoms with E-state index >= 15 is 0 Å². The third-order valence-electron chi connectivity index (χ3n) is 5.21. The number of hydrazone groups is 1. The molecular weight excluding hydrogens is 444 g/mol. The zero-order valence-electron chi connectivity index (χ0n) is 18.8. The lowest BCUT2D eigenvalue weighted by molar-refractivity contribution is -0.114. The summed E-state index contributed by atoms with van der Waals surface area (Å²) in [5.41, 5.74) is 9.17. The predicted molar refractivity (Wildman–Crippen MR) is 135 cm³/mol. The van der Waals surface area contributed by atoms with Crippen LogP contribution in [0.1, 0.15) is 12.7 Å². The van der Waals surface area contributed by atoms with Crippen molar-refractivity contribution in [3.63, 3.8) is 0 Å². The van der Waals surface area contributed by atoms with E-state index in [4.69, 9.17) is 0 Å². The number of nitrogens with one attached hydrogen (secondary N) is 4. The molecule has 2 aliphatic rings. The van der Waals surface area contributed by atoms with Gasteiger partial charge in [-0.05, 0) is 37.3 Å². The Morgan fingerprint density at radius 3 is 3.11 bits per heavy atom. The number of nitrogens with zero attached hydrogens (tertiary/aromatic N) is 6. The lowest BCUT2D eigenvalue weighted by Crippen LogP contribution is -2.35.